The van der Waals surface area contributed by atoms with Gasteiger partial charge in [-0.2, -0.15) is 5.10 Å². The summed E-state index contributed by atoms with van der Waals surface area (Å²) >= 11 is 6.14. The number of nitro groups is 1. The molecule has 0 fully saturated rings. The van der Waals surface area contributed by atoms with Crippen LogP contribution in [0.1, 0.15) is 27.9 Å². The molecule has 0 radical (unpaired) electrons. The first-order valence-electron chi connectivity index (χ1n) is 9.88. The minimum Gasteiger partial charge on any atom is -0.322 e. The predicted octanol–water partition coefficient (Wildman–Crippen LogP) is 5.91. The molecule has 8 heteroatoms. The number of carbonyl (C=O) groups is 1. The first-order valence-corrected chi connectivity index (χ1v) is 10.3. The Morgan fingerprint density at radius 3 is 2.69 bits per heavy atom. The molecule has 1 N–H and O–H groups in total. The van der Waals surface area contributed by atoms with Crippen LogP contribution in [0.3, 0.4) is 0 Å². The lowest BCUT2D eigenvalue weighted by atomic mass is 9.93. The van der Waals surface area contributed by atoms with Crippen LogP contribution in [-0.2, 0) is 6.42 Å². The van der Waals surface area contributed by atoms with Crippen LogP contribution in [-0.4, -0.2) is 17.5 Å². The number of nitrogens with zero attached hydrogens (tertiary/aromatic N) is 3. The summed E-state index contributed by atoms with van der Waals surface area (Å²) < 4.78 is 0. The van der Waals surface area contributed by atoms with Crippen LogP contribution in [0.25, 0.3) is 5.70 Å². The lowest BCUT2D eigenvalue weighted by Crippen LogP contribution is -2.18. The molecule has 0 spiro atoms. The highest BCUT2D eigenvalue weighted by molar-refractivity contribution is 6.34. The number of rotatable bonds is 6. The zero-order chi connectivity index (χ0) is 22.7. The maximum atomic E-state index is 12.7. The van der Waals surface area contributed by atoms with Gasteiger partial charge in [-0.05, 0) is 48.7 Å². The molecule has 0 aromatic heterocycles. The molecule has 0 bridgehead atoms. The van der Waals surface area contributed by atoms with Crippen molar-refractivity contribution in [2.24, 2.45) is 5.10 Å². The number of amides is 1. The Morgan fingerprint density at radius 1 is 1.12 bits per heavy atom. The number of fused-ring (bicyclic) bond motifs is 1. The molecule has 3 aromatic carbocycles. The fourth-order valence-electron chi connectivity index (χ4n) is 3.66. The van der Waals surface area contributed by atoms with E-state index in [9.17, 15) is 14.9 Å². The van der Waals surface area contributed by atoms with Gasteiger partial charge in [-0.1, -0.05) is 41.9 Å². The summed E-state index contributed by atoms with van der Waals surface area (Å²) in [5, 5.41) is 20.2. The number of carbonyl (C=O) groups excluding carboxylic acids is 1. The molecular weight excluding hydrogens is 428 g/mol. The van der Waals surface area contributed by atoms with Crippen LogP contribution in [0.2, 0.25) is 5.02 Å². The van der Waals surface area contributed by atoms with Gasteiger partial charge in [0.05, 0.1) is 26.9 Å². The van der Waals surface area contributed by atoms with Gasteiger partial charge in [-0.15, -0.1) is 0 Å². The van der Waals surface area contributed by atoms with Gasteiger partial charge < -0.3 is 5.32 Å². The van der Waals surface area contributed by atoms with E-state index >= 15 is 0 Å². The normalized spacial score (nSPS) is 12.3. The Kier molecular flexibility index (Phi) is 6.00. The van der Waals surface area contributed by atoms with Crippen molar-refractivity contribution in [3.8, 4) is 0 Å². The second-order valence-electron chi connectivity index (χ2n) is 7.16. The fourth-order valence-corrected chi connectivity index (χ4v) is 3.89. The largest absolute Gasteiger partial charge is 0.322 e. The minimum absolute atomic E-state index is 0.0338. The number of hydrogen-bond acceptors (Lipinski definition) is 5. The monoisotopic (exact) mass is 446 g/mol. The highest BCUT2D eigenvalue weighted by Gasteiger charge is 2.21. The SMILES string of the molecule is C=NN(C1=CCCc2ccc(NC(=O)c3ccccc3Cl)cc21)c1cccc([N+](=O)[O-])c1. The van der Waals surface area contributed by atoms with Crippen molar-refractivity contribution in [1.29, 1.82) is 0 Å². The van der Waals surface area contributed by atoms with Crippen molar-refractivity contribution in [3.63, 3.8) is 0 Å². The van der Waals surface area contributed by atoms with E-state index in [-0.39, 0.29) is 11.6 Å². The molecule has 0 heterocycles. The third kappa shape index (κ3) is 4.24. The minimum atomic E-state index is -0.448. The Balaban J connectivity index is 1.68. The number of anilines is 2. The van der Waals surface area contributed by atoms with Crippen molar-refractivity contribution in [3.05, 3.63) is 105 Å². The third-order valence-corrected chi connectivity index (χ3v) is 5.50. The number of aryl methyl sites for hydroxylation is 1. The second-order valence-corrected chi connectivity index (χ2v) is 7.57. The van der Waals surface area contributed by atoms with E-state index in [1.165, 1.54) is 12.1 Å². The number of hydrogen-bond donors (Lipinski definition) is 1. The van der Waals surface area contributed by atoms with Crippen LogP contribution in [0.15, 0.2) is 77.9 Å². The van der Waals surface area contributed by atoms with E-state index in [1.807, 2.05) is 24.3 Å². The Labute approximate surface area is 189 Å². The molecule has 0 saturated heterocycles. The molecule has 0 atom stereocenters. The number of hydrazone groups is 1. The number of halogens is 1. The number of non-ortho nitro benzene ring substituents is 1. The number of allylic oxidation sites excluding steroid dienone is 1. The Morgan fingerprint density at radius 2 is 1.94 bits per heavy atom. The first-order chi connectivity index (χ1) is 15.5. The molecule has 3 aromatic rings. The molecule has 7 nitrogen and oxygen atoms in total. The van der Waals surface area contributed by atoms with E-state index in [0.717, 1.165) is 29.7 Å². The molecule has 32 heavy (non-hydrogen) atoms. The van der Waals surface area contributed by atoms with Gasteiger partial charge in [0.25, 0.3) is 11.6 Å². The van der Waals surface area contributed by atoms with Crippen LogP contribution in [0, 0.1) is 10.1 Å². The van der Waals surface area contributed by atoms with Gasteiger partial charge in [0, 0.05) is 30.1 Å². The number of nitro benzene ring substituents is 1. The Hall–Kier alpha value is -3.97. The van der Waals surface area contributed by atoms with Crippen LogP contribution in [0.5, 0.6) is 0 Å². The van der Waals surface area contributed by atoms with Crippen molar-refractivity contribution < 1.29 is 9.72 Å². The number of benzene rings is 3. The lowest BCUT2D eigenvalue weighted by Gasteiger charge is -2.27. The van der Waals surface area contributed by atoms with E-state index in [2.05, 4.69) is 17.1 Å². The van der Waals surface area contributed by atoms with Crippen LogP contribution in [0.4, 0.5) is 17.1 Å². The van der Waals surface area contributed by atoms with Crippen molar-refractivity contribution in [2.45, 2.75) is 12.8 Å². The average Bonchev–Trinajstić information content (AvgIpc) is 2.80. The van der Waals surface area contributed by atoms with Gasteiger partial charge >= 0.3 is 0 Å². The van der Waals surface area contributed by atoms with Gasteiger partial charge in [0.1, 0.15) is 0 Å². The summed E-state index contributed by atoms with van der Waals surface area (Å²) in [6, 6.07) is 18.7. The maximum absolute atomic E-state index is 12.7. The molecular formula is C24H19ClN4O3. The quantitative estimate of drug-likeness (QED) is 0.289. The second kappa shape index (κ2) is 9.03. The summed E-state index contributed by atoms with van der Waals surface area (Å²) in [4.78, 5) is 23.4. The summed E-state index contributed by atoms with van der Waals surface area (Å²) in [7, 11) is 0. The molecule has 1 aliphatic carbocycles. The van der Waals surface area contributed by atoms with E-state index < -0.39 is 4.92 Å². The number of nitrogens with one attached hydrogen (secondary N) is 1. The summed E-state index contributed by atoms with van der Waals surface area (Å²) in [6.45, 7) is 3.66. The molecule has 4 rings (SSSR count). The smallest absolute Gasteiger partial charge is 0.271 e. The summed E-state index contributed by atoms with van der Waals surface area (Å²) in [5.74, 6) is -0.311. The standard InChI is InChI=1S/C24H19ClN4O3/c1-26-28(18-7-5-8-19(15-18)29(31)32)23-11-4-6-16-12-13-17(14-21(16)23)27-24(30)20-9-2-3-10-22(20)25/h2-3,5,7-15H,1,4,6H2,(H,27,30). The van der Waals surface area contributed by atoms with Crippen LogP contribution >= 0.6 is 11.6 Å². The predicted molar refractivity (Wildman–Crippen MR) is 127 cm³/mol. The molecule has 0 saturated carbocycles. The molecule has 1 amide bonds. The van der Waals surface area contributed by atoms with Crippen molar-refractivity contribution in [1.82, 2.24) is 0 Å². The highest BCUT2D eigenvalue weighted by atomic mass is 35.5. The summed E-state index contributed by atoms with van der Waals surface area (Å²) in [6.07, 6.45) is 3.63. The highest BCUT2D eigenvalue weighted by Crippen LogP contribution is 2.35. The van der Waals surface area contributed by atoms with Crippen molar-refractivity contribution in [2.75, 3.05) is 10.3 Å². The van der Waals surface area contributed by atoms with E-state index in [0.29, 0.717) is 22.0 Å². The van der Waals surface area contributed by atoms with Gasteiger partial charge in [0.15, 0.2) is 0 Å². The van der Waals surface area contributed by atoms with E-state index in [4.69, 9.17) is 11.6 Å². The van der Waals surface area contributed by atoms with Gasteiger partial charge in [0.2, 0.25) is 0 Å². The lowest BCUT2D eigenvalue weighted by molar-refractivity contribution is -0.384. The zero-order valence-electron chi connectivity index (χ0n) is 17.0. The Bertz CT molecular complexity index is 1260. The topological polar surface area (TPSA) is 87.8 Å². The molecule has 160 valence electrons. The maximum Gasteiger partial charge on any atom is 0.271 e. The molecule has 0 aliphatic heterocycles. The van der Waals surface area contributed by atoms with Gasteiger partial charge in [-0.25, -0.2) is 5.01 Å². The average molecular weight is 447 g/mol. The zero-order valence-corrected chi connectivity index (χ0v) is 17.7. The molecule has 1 aliphatic rings. The van der Waals surface area contributed by atoms with Crippen molar-refractivity contribution >= 4 is 47.0 Å². The van der Waals surface area contributed by atoms with Crippen LogP contribution < -0.4 is 10.3 Å². The third-order valence-electron chi connectivity index (χ3n) is 5.17. The van der Waals surface area contributed by atoms with E-state index in [1.54, 1.807) is 41.4 Å². The molecule has 0 unspecified atom stereocenters. The summed E-state index contributed by atoms with van der Waals surface area (Å²) in [5.41, 5.74) is 4.17. The van der Waals surface area contributed by atoms with Gasteiger partial charge in [-0.3, -0.25) is 14.9 Å². The first kappa shape index (κ1) is 21.3. The fraction of sp³-hybridized carbons (Fsp3) is 0.0833.